The zero-order chi connectivity index (χ0) is 30.1. The number of amides is 4. The highest BCUT2D eigenvalue weighted by Crippen LogP contribution is 2.42. The first-order chi connectivity index (χ1) is 19.2. The van der Waals surface area contributed by atoms with Crippen molar-refractivity contribution in [3.8, 4) is 0 Å². The number of carbonyl (C=O) groups is 3. The number of urea groups is 1. The molecule has 216 valence electrons. The molecule has 0 spiro atoms. The van der Waals surface area contributed by atoms with E-state index in [1.54, 1.807) is 18.2 Å². The summed E-state index contributed by atoms with van der Waals surface area (Å²) in [5.74, 6) is -1.03. The van der Waals surface area contributed by atoms with Gasteiger partial charge in [-0.25, -0.2) is 4.79 Å². The van der Waals surface area contributed by atoms with Crippen LogP contribution in [0.25, 0.3) is 0 Å². The van der Waals surface area contributed by atoms with Crippen LogP contribution in [0.15, 0.2) is 66.7 Å². The van der Waals surface area contributed by atoms with Crippen molar-refractivity contribution in [3.63, 3.8) is 0 Å². The first-order valence-corrected chi connectivity index (χ1v) is 14.0. The molecule has 0 radical (unpaired) electrons. The Morgan fingerprint density at radius 2 is 1.68 bits per heavy atom. The molecule has 0 aliphatic carbocycles. The molecule has 3 N–H and O–H groups in total. The van der Waals surface area contributed by atoms with Crippen LogP contribution < -0.4 is 25.8 Å². The summed E-state index contributed by atoms with van der Waals surface area (Å²) >= 11 is 6.47. The quantitative estimate of drug-likeness (QED) is 0.408. The van der Waals surface area contributed by atoms with Crippen molar-refractivity contribution in [1.82, 2.24) is 5.32 Å². The summed E-state index contributed by atoms with van der Waals surface area (Å²) in [4.78, 5) is 45.6. The third-order valence-electron chi connectivity index (χ3n) is 7.14. The van der Waals surface area contributed by atoms with Gasteiger partial charge in [-0.15, -0.1) is 0 Å². The van der Waals surface area contributed by atoms with E-state index >= 15 is 0 Å². The van der Waals surface area contributed by atoms with Gasteiger partial charge in [0.2, 0.25) is 5.91 Å². The molecule has 1 heterocycles. The van der Waals surface area contributed by atoms with Crippen LogP contribution in [-0.4, -0.2) is 50.1 Å². The third-order valence-corrected chi connectivity index (χ3v) is 7.37. The number of halogens is 1. The summed E-state index contributed by atoms with van der Waals surface area (Å²) in [5, 5.41) is 3.38. The van der Waals surface area contributed by atoms with E-state index in [1.165, 1.54) is 9.80 Å². The number of carbonyl (C=O) groups excluding carboxylic acids is 3. The Morgan fingerprint density at radius 1 is 1.02 bits per heavy atom. The molecule has 0 saturated carbocycles. The van der Waals surface area contributed by atoms with Crippen LogP contribution >= 0.6 is 11.6 Å². The molecule has 41 heavy (non-hydrogen) atoms. The minimum Gasteiger partial charge on any atom is -0.378 e. The second kappa shape index (κ2) is 11.8. The number of fused-ring (bicyclic) bond motifs is 1. The van der Waals surface area contributed by atoms with E-state index in [9.17, 15) is 14.4 Å². The van der Waals surface area contributed by atoms with E-state index < -0.39 is 23.5 Å². The van der Waals surface area contributed by atoms with Crippen LogP contribution in [0.3, 0.4) is 0 Å². The zero-order valence-corrected chi connectivity index (χ0v) is 25.2. The van der Waals surface area contributed by atoms with Crippen molar-refractivity contribution in [2.75, 3.05) is 35.3 Å². The van der Waals surface area contributed by atoms with E-state index in [0.29, 0.717) is 16.4 Å². The van der Waals surface area contributed by atoms with Crippen molar-refractivity contribution in [2.24, 2.45) is 5.73 Å². The maximum atomic E-state index is 14.5. The average molecular weight is 576 g/mol. The van der Waals surface area contributed by atoms with Crippen LogP contribution in [0.1, 0.15) is 49.8 Å². The van der Waals surface area contributed by atoms with Crippen molar-refractivity contribution < 1.29 is 14.4 Å². The second-order valence-corrected chi connectivity index (χ2v) is 12.2. The van der Waals surface area contributed by atoms with Crippen molar-refractivity contribution in [2.45, 2.75) is 51.6 Å². The Kier molecular flexibility index (Phi) is 8.63. The Hall–Kier alpha value is -4.04. The van der Waals surface area contributed by atoms with Crippen LogP contribution in [-0.2, 0) is 9.59 Å². The smallest absolute Gasteiger partial charge is 0.320 e. The molecule has 1 aliphatic heterocycles. The van der Waals surface area contributed by atoms with Crippen molar-refractivity contribution in [1.29, 1.82) is 0 Å². The third kappa shape index (κ3) is 6.82. The number of nitrogens with one attached hydrogen (secondary N) is 1. The number of hydrogen-bond acceptors (Lipinski definition) is 4. The standard InChI is InChI=1S/C32H38ClN5O3/c1-20-10-12-21(13-11-20)26-18-28(38(31(34)41)24-9-7-8-23(17-24)36(5)6)30(40)37(19-29(39)35-32(2,3)4)27-16-22(33)14-15-25(26)27/h7-17,26,28H,18-19H2,1-6H3,(H2,34,41)(H,35,39). The van der Waals surface area contributed by atoms with Gasteiger partial charge in [-0.3, -0.25) is 14.5 Å². The van der Waals surface area contributed by atoms with Crippen molar-refractivity contribution >= 4 is 46.5 Å². The summed E-state index contributed by atoms with van der Waals surface area (Å²) in [5.41, 5.74) is 10.3. The van der Waals surface area contributed by atoms with Crippen LogP contribution in [0, 0.1) is 6.92 Å². The average Bonchev–Trinajstić information content (AvgIpc) is 2.99. The summed E-state index contributed by atoms with van der Waals surface area (Å²) < 4.78 is 0. The fraction of sp³-hybridized carbons (Fsp3) is 0.344. The van der Waals surface area contributed by atoms with Gasteiger partial charge in [0, 0.05) is 47.6 Å². The van der Waals surface area contributed by atoms with E-state index in [4.69, 9.17) is 17.3 Å². The lowest BCUT2D eigenvalue weighted by molar-refractivity contribution is -0.125. The SMILES string of the molecule is Cc1ccc(C2CC(N(C(N)=O)c3cccc(N(C)C)c3)C(=O)N(CC(=O)NC(C)(C)C)c3cc(Cl)ccc32)cc1. The first kappa shape index (κ1) is 29.9. The Balaban J connectivity index is 1.92. The molecule has 1 aliphatic rings. The minimum absolute atomic E-state index is 0.245. The van der Waals surface area contributed by atoms with Gasteiger partial charge in [0.25, 0.3) is 5.91 Å². The summed E-state index contributed by atoms with van der Waals surface area (Å²) in [6.45, 7) is 7.40. The molecule has 3 aromatic carbocycles. The van der Waals surface area contributed by atoms with Crippen molar-refractivity contribution in [3.05, 3.63) is 88.4 Å². The molecule has 0 fully saturated rings. The number of benzene rings is 3. The number of primary amides is 1. The minimum atomic E-state index is -0.996. The zero-order valence-electron chi connectivity index (χ0n) is 24.4. The maximum Gasteiger partial charge on any atom is 0.320 e. The lowest BCUT2D eigenvalue weighted by Gasteiger charge is -2.33. The van der Waals surface area contributed by atoms with E-state index in [0.717, 1.165) is 22.4 Å². The summed E-state index contributed by atoms with van der Waals surface area (Å²) in [7, 11) is 3.79. The fourth-order valence-corrected chi connectivity index (χ4v) is 5.44. The van der Waals surface area contributed by atoms with Gasteiger partial charge < -0.3 is 20.9 Å². The number of rotatable bonds is 6. The Labute approximate surface area is 247 Å². The van der Waals surface area contributed by atoms with E-state index in [2.05, 4.69) is 5.32 Å². The predicted molar refractivity (Wildman–Crippen MR) is 166 cm³/mol. The summed E-state index contributed by atoms with van der Waals surface area (Å²) in [6.07, 6.45) is 0.253. The van der Waals surface area contributed by atoms with Gasteiger partial charge in [-0.05, 0) is 75.6 Å². The Morgan fingerprint density at radius 3 is 2.29 bits per heavy atom. The molecule has 4 amide bonds. The monoisotopic (exact) mass is 575 g/mol. The van der Waals surface area contributed by atoms with Crippen LogP contribution in [0.2, 0.25) is 5.02 Å². The first-order valence-electron chi connectivity index (χ1n) is 13.6. The van der Waals surface area contributed by atoms with E-state index in [1.807, 2.05) is 95.2 Å². The number of aryl methyl sites for hydroxylation is 1. The van der Waals surface area contributed by atoms with Gasteiger partial charge in [-0.2, -0.15) is 0 Å². The molecule has 8 nitrogen and oxygen atoms in total. The highest BCUT2D eigenvalue weighted by atomic mass is 35.5. The van der Waals surface area contributed by atoms with Gasteiger partial charge >= 0.3 is 6.03 Å². The molecule has 0 saturated heterocycles. The number of nitrogens with two attached hydrogens (primary N) is 1. The normalized spacial score (nSPS) is 17.0. The molecule has 3 aromatic rings. The molecular formula is C32H38ClN5O3. The summed E-state index contributed by atoms with van der Waals surface area (Å²) in [6, 6.07) is 19.1. The molecular weight excluding hydrogens is 538 g/mol. The lowest BCUT2D eigenvalue weighted by Crippen LogP contribution is -2.55. The lowest BCUT2D eigenvalue weighted by atomic mass is 9.85. The Bertz CT molecular complexity index is 1450. The van der Waals surface area contributed by atoms with Gasteiger partial charge in [0.15, 0.2) is 0 Å². The topological polar surface area (TPSA) is 99.0 Å². The molecule has 0 bridgehead atoms. The largest absolute Gasteiger partial charge is 0.378 e. The van der Waals surface area contributed by atoms with Crippen LogP contribution in [0.4, 0.5) is 21.9 Å². The van der Waals surface area contributed by atoms with Gasteiger partial charge in [-0.1, -0.05) is 53.6 Å². The molecule has 2 unspecified atom stereocenters. The van der Waals surface area contributed by atoms with Gasteiger partial charge in [0.05, 0.1) is 0 Å². The second-order valence-electron chi connectivity index (χ2n) is 11.8. The van der Waals surface area contributed by atoms with Gasteiger partial charge in [0.1, 0.15) is 12.6 Å². The molecule has 4 rings (SSSR count). The fourth-order valence-electron chi connectivity index (χ4n) is 5.27. The predicted octanol–water partition coefficient (Wildman–Crippen LogP) is 5.45. The highest BCUT2D eigenvalue weighted by molar-refractivity contribution is 6.31. The molecule has 9 heteroatoms. The number of nitrogens with zero attached hydrogens (tertiary/aromatic N) is 3. The van der Waals surface area contributed by atoms with E-state index in [-0.39, 0.29) is 24.8 Å². The van der Waals surface area contributed by atoms with Crippen LogP contribution in [0.5, 0.6) is 0 Å². The number of hydrogen-bond donors (Lipinski definition) is 2. The highest BCUT2D eigenvalue weighted by Gasteiger charge is 2.41. The molecule has 2 atom stereocenters. The number of anilines is 3. The maximum absolute atomic E-state index is 14.5. The molecule has 0 aromatic heterocycles.